The zero-order chi connectivity index (χ0) is 9.56. The van der Waals surface area contributed by atoms with Crippen LogP contribution in [0.25, 0.3) is 0 Å². The summed E-state index contributed by atoms with van der Waals surface area (Å²) in [6, 6.07) is 2.13. The first kappa shape index (κ1) is 11.0. The number of hydrogen-bond donors (Lipinski definition) is 0. The van der Waals surface area contributed by atoms with Crippen LogP contribution in [0.1, 0.15) is 33.6 Å². The molecule has 0 aliphatic rings. The minimum atomic E-state index is -0.310. The number of nitrogens with zero attached hydrogens (tertiary/aromatic N) is 1. The third-order valence-electron chi connectivity index (χ3n) is 1.77. The highest BCUT2D eigenvalue weighted by atomic mass is 16.5. The SMILES string of the molecule is CC[C@@H](C#N)[C@@H](CC)OC(C)=O. The van der Waals surface area contributed by atoms with Gasteiger partial charge in [0.25, 0.3) is 0 Å². The number of carbonyl (C=O) groups excluding carboxylic acids is 1. The maximum atomic E-state index is 10.6. The minimum Gasteiger partial charge on any atom is -0.461 e. The zero-order valence-corrected chi connectivity index (χ0v) is 7.83. The molecule has 0 aromatic rings. The van der Waals surface area contributed by atoms with Gasteiger partial charge in [-0.25, -0.2) is 0 Å². The van der Waals surface area contributed by atoms with Crippen LogP contribution in [-0.4, -0.2) is 12.1 Å². The molecule has 0 radical (unpaired) electrons. The summed E-state index contributed by atoms with van der Waals surface area (Å²) in [6.45, 7) is 5.19. The summed E-state index contributed by atoms with van der Waals surface area (Å²) in [7, 11) is 0. The molecule has 0 spiro atoms. The fraction of sp³-hybridized carbons (Fsp3) is 0.778. The van der Waals surface area contributed by atoms with Gasteiger partial charge in [-0.15, -0.1) is 0 Å². The van der Waals surface area contributed by atoms with Crippen molar-refractivity contribution in [1.82, 2.24) is 0 Å². The molecule has 0 saturated heterocycles. The summed E-state index contributed by atoms with van der Waals surface area (Å²) < 4.78 is 4.98. The molecule has 0 unspecified atom stereocenters. The molecule has 0 rings (SSSR count). The molecule has 0 fully saturated rings. The van der Waals surface area contributed by atoms with E-state index in [9.17, 15) is 4.79 Å². The van der Waals surface area contributed by atoms with Crippen molar-refractivity contribution in [3.8, 4) is 6.07 Å². The fourth-order valence-corrected chi connectivity index (χ4v) is 1.10. The number of ether oxygens (including phenoxy) is 1. The average Bonchev–Trinajstić information content (AvgIpc) is 2.04. The summed E-state index contributed by atoms with van der Waals surface area (Å²) in [6.07, 6.45) is 1.19. The highest BCUT2D eigenvalue weighted by Crippen LogP contribution is 2.14. The van der Waals surface area contributed by atoms with E-state index in [4.69, 9.17) is 10.00 Å². The molecule has 0 amide bonds. The lowest BCUT2D eigenvalue weighted by Crippen LogP contribution is -2.23. The number of hydrogen-bond acceptors (Lipinski definition) is 3. The van der Waals surface area contributed by atoms with Gasteiger partial charge in [0.15, 0.2) is 0 Å². The monoisotopic (exact) mass is 169 g/mol. The Morgan fingerprint density at radius 1 is 1.50 bits per heavy atom. The molecule has 0 N–H and O–H groups in total. The number of nitriles is 1. The topological polar surface area (TPSA) is 50.1 Å². The van der Waals surface area contributed by atoms with Gasteiger partial charge in [0, 0.05) is 6.92 Å². The molecule has 0 bridgehead atoms. The smallest absolute Gasteiger partial charge is 0.302 e. The summed E-state index contributed by atoms with van der Waals surface area (Å²) in [4.78, 5) is 10.6. The molecule has 0 heterocycles. The molecule has 0 aromatic carbocycles. The lowest BCUT2D eigenvalue weighted by Gasteiger charge is -2.18. The standard InChI is InChI=1S/C9H15NO2/c1-4-8(6-10)9(5-2)12-7(3)11/h8-9H,4-5H2,1-3H3/t8-,9+/m0/s1. The van der Waals surface area contributed by atoms with Crippen LogP contribution in [0, 0.1) is 17.2 Å². The van der Waals surface area contributed by atoms with Crippen molar-refractivity contribution in [2.75, 3.05) is 0 Å². The quantitative estimate of drug-likeness (QED) is 0.604. The summed E-state index contributed by atoms with van der Waals surface area (Å²) in [5, 5.41) is 8.70. The molecule has 0 aliphatic heterocycles. The Morgan fingerprint density at radius 2 is 2.08 bits per heavy atom. The van der Waals surface area contributed by atoms with Gasteiger partial charge in [-0.1, -0.05) is 13.8 Å². The number of rotatable bonds is 4. The van der Waals surface area contributed by atoms with Crippen molar-refractivity contribution in [3.63, 3.8) is 0 Å². The largest absolute Gasteiger partial charge is 0.461 e. The first-order valence-corrected chi connectivity index (χ1v) is 4.22. The van der Waals surface area contributed by atoms with E-state index in [0.29, 0.717) is 6.42 Å². The van der Waals surface area contributed by atoms with E-state index in [1.807, 2.05) is 13.8 Å². The summed E-state index contributed by atoms with van der Waals surface area (Å²) in [5.74, 6) is -0.477. The van der Waals surface area contributed by atoms with Gasteiger partial charge in [0.2, 0.25) is 0 Å². The first-order chi connectivity index (χ1) is 5.65. The van der Waals surface area contributed by atoms with E-state index in [1.165, 1.54) is 6.92 Å². The summed E-state index contributed by atoms with van der Waals surface area (Å²) >= 11 is 0. The number of esters is 1. The van der Waals surface area contributed by atoms with Gasteiger partial charge >= 0.3 is 5.97 Å². The van der Waals surface area contributed by atoms with E-state index in [1.54, 1.807) is 0 Å². The molecule has 0 aromatic heterocycles. The molecule has 2 atom stereocenters. The lowest BCUT2D eigenvalue weighted by atomic mass is 9.99. The van der Waals surface area contributed by atoms with Crippen LogP contribution < -0.4 is 0 Å². The van der Waals surface area contributed by atoms with Crippen molar-refractivity contribution >= 4 is 5.97 Å². The van der Waals surface area contributed by atoms with Crippen molar-refractivity contribution in [2.45, 2.75) is 39.7 Å². The normalized spacial score (nSPS) is 14.5. The van der Waals surface area contributed by atoms with Crippen LogP contribution in [0.15, 0.2) is 0 Å². The second-order valence-corrected chi connectivity index (χ2v) is 2.70. The predicted octanol–water partition coefficient (Wildman–Crippen LogP) is 1.88. The maximum Gasteiger partial charge on any atom is 0.302 e. The Kier molecular flexibility index (Phi) is 5.11. The van der Waals surface area contributed by atoms with Crippen LogP contribution in [-0.2, 0) is 9.53 Å². The zero-order valence-electron chi connectivity index (χ0n) is 7.83. The van der Waals surface area contributed by atoms with Crippen LogP contribution >= 0.6 is 0 Å². The molecule has 3 nitrogen and oxygen atoms in total. The molecule has 12 heavy (non-hydrogen) atoms. The van der Waals surface area contributed by atoms with E-state index in [0.717, 1.165) is 6.42 Å². The predicted molar refractivity (Wildman–Crippen MR) is 45.2 cm³/mol. The minimum absolute atomic E-state index is 0.168. The van der Waals surface area contributed by atoms with Crippen molar-refractivity contribution in [1.29, 1.82) is 5.26 Å². The lowest BCUT2D eigenvalue weighted by molar-refractivity contribution is -0.148. The second-order valence-electron chi connectivity index (χ2n) is 2.70. The first-order valence-electron chi connectivity index (χ1n) is 4.22. The average molecular weight is 169 g/mol. The Labute approximate surface area is 73.3 Å². The molecule has 68 valence electrons. The van der Waals surface area contributed by atoms with Crippen LogP contribution in [0.5, 0.6) is 0 Å². The van der Waals surface area contributed by atoms with Gasteiger partial charge in [0.05, 0.1) is 12.0 Å². The van der Waals surface area contributed by atoms with E-state index < -0.39 is 0 Å². The molecular formula is C9H15NO2. The highest BCUT2D eigenvalue weighted by molar-refractivity contribution is 5.66. The van der Waals surface area contributed by atoms with Gasteiger partial charge < -0.3 is 4.74 Å². The van der Waals surface area contributed by atoms with Crippen LogP contribution in [0.4, 0.5) is 0 Å². The van der Waals surface area contributed by atoms with Gasteiger partial charge in [-0.3, -0.25) is 4.79 Å². The molecule has 0 saturated carbocycles. The van der Waals surface area contributed by atoms with Crippen LogP contribution in [0.2, 0.25) is 0 Å². The Morgan fingerprint density at radius 3 is 2.33 bits per heavy atom. The molecule has 0 aliphatic carbocycles. The fourth-order valence-electron chi connectivity index (χ4n) is 1.10. The Hall–Kier alpha value is -1.04. The maximum absolute atomic E-state index is 10.6. The van der Waals surface area contributed by atoms with E-state index >= 15 is 0 Å². The molecular weight excluding hydrogens is 154 g/mol. The van der Waals surface area contributed by atoms with Gasteiger partial charge in [-0.2, -0.15) is 5.26 Å². The van der Waals surface area contributed by atoms with Gasteiger partial charge in [0.1, 0.15) is 6.10 Å². The van der Waals surface area contributed by atoms with E-state index in [2.05, 4.69) is 6.07 Å². The van der Waals surface area contributed by atoms with Crippen molar-refractivity contribution in [3.05, 3.63) is 0 Å². The Bertz CT molecular complexity index is 183. The second kappa shape index (κ2) is 5.59. The Balaban J connectivity index is 4.13. The van der Waals surface area contributed by atoms with Crippen molar-refractivity contribution < 1.29 is 9.53 Å². The number of carbonyl (C=O) groups is 1. The third-order valence-corrected chi connectivity index (χ3v) is 1.77. The molecule has 3 heteroatoms. The van der Waals surface area contributed by atoms with Crippen molar-refractivity contribution in [2.24, 2.45) is 5.92 Å². The van der Waals surface area contributed by atoms with E-state index in [-0.39, 0.29) is 18.0 Å². The van der Waals surface area contributed by atoms with Crippen LogP contribution in [0.3, 0.4) is 0 Å². The third kappa shape index (κ3) is 3.38. The van der Waals surface area contributed by atoms with Gasteiger partial charge in [-0.05, 0) is 12.8 Å². The highest BCUT2D eigenvalue weighted by Gasteiger charge is 2.20. The summed E-state index contributed by atoms with van der Waals surface area (Å²) in [5.41, 5.74) is 0.